The van der Waals surface area contributed by atoms with E-state index in [2.05, 4.69) is 5.32 Å². The number of rotatable bonds is 4. The highest BCUT2D eigenvalue weighted by Crippen LogP contribution is 2.10. The Morgan fingerprint density at radius 1 is 1.25 bits per heavy atom. The lowest BCUT2D eigenvalue weighted by Crippen LogP contribution is -2.44. The summed E-state index contributed by atoms with van der Waals surface area (Å²) in [5.41, 5.74) is -0.544. The van der Waals surface area contributed by atoms with Crippen LogP contribution in [0.3, 0.4) is 0 Å². The van der Waals surface area contributed by atoms with Gasteiger partial charge in [-0.05, 0) is 40.9 Å². The van der Waals surface area contributed by atoms with Gasteiger partial charge in [-0.25, -0.2) is 4.79 Å². The van der Waals surface area contributed by atoms with Crippen LogP contribution in [0.4, 0.5) is 4.79 Å². The average molecular weight is 247 g/mol. The Morgan fingerprint density at radius 3 is 2.12 bits per heavy atom. The van der Waals surface area contributed by atoms with E-state index in [1.807, 2.05) is 13.2 Å². The highest BCUT2D eigenvalue weighted by molar-refractivity contribution is 7.99. The van der Waals surface area contributed by atoms with Crippen molar-refractivity contribution < 1.29 is 14.3 Å². The van der Waals surface area contributed by atoms with Gasteiger partial charge < -0.3 is 10.1 Å². The largest absolute Gasteiger partial charge is 0.444 e. The third-order valence-electron chi connectivity index (χ3n) is 1.91. The fourth-order valence-electron chi connectivity index (χ4n) is 1.02. The summed E-state index contributed by atoms with van der Waals surface area (Å²) in [5, 5.41) is 2.41. The van der Waals surface area contributed by atoms with Crippen LogP contribution in [0.2, 0.25) is 0 Å². The number of amides is 1. The first-order valence-corrected chi connectivity index (χ1v) is 6.52. The van der Waals surface area contributed by atoms with E-state index in [9.17, 15) is 9.59 Å². The van der Waals surface area contributed by atoms with Crippen LogP contribution >= 0.6 is 11.8 Å². The molecule has 0 heterocycles. The molecular formula is C11H21NO3S. The Balaban J connectivity index is 4.20. The average Bonchev–Trinajstić information content (AvgIpc) is 2.12. The number of carbonyl (C=O) groups excluding carboxylic acids is 2. The number of carbonyl (C=O) groups is 2. The summed E-state index contributed by atoms with van der Waals surface area (Å²) in [5.74, 6) is -0.00152. The van der Waals surface area contributed by atoms with Gasteiger partial charge in [0.1, 0.15) is 5.60 Å². The third-order valence-corrected chi connectivity index (χ3v) is 2.85. The van der Waals surface area contributed by atoms with Gasteiger partial charge in [0.05, 0.1) is 11.3 Å². The Labute approximate surface area is 101 Å². The molecular weight excluding hydrogens is 226 g/mol. The number of ketones is 1. The maximum absolute atomic E-state index is 11.7. The normalized spacial score (nSPS) is 15.1. The van der Waals surface area contributed by atoms with E-state index in [0.717, 1.165) is 0 Å². The topological polar surface area (TPSA) is 55.4 Å². The predicted molar refractivity (Wildman–Crippen MR) is 66.8 cm³/mol. The van der Waals surface area contributed by atoms with Crippen LogP contribution in [-0.4, -0.2) is 35.0 Å². The highest BCUT2D eigenvalue weighted by atomic mass is 32.2. The Hall–Kier alpha value is -0.710. The van der Waals surface area contributed by atoms with Gasteiger partial charge in [0.15, 0.2) is 5.78 Å². The fraction of sp³-hybridized carbons (Fsp3) is 0.818. The van der Waals surface area contributed by atoms with Crippen molar-refractivity contribution >= 4 is 23.6 Å². The number of nitrogens with one attached hydrogen (secondary N) is 1. The molecule has 4 nitrogen and oxygen atoms in total. The van der Waals surface area contributed by atoms with E-state index in [4.69, 9.17) is 4.74 Å². The van der Waals surface area contributed by atoms with Gasteiger partial charge in [0.2, 0.25) is 0 Å². The van der Waals surface area contributed by atoms with Crippen LogP contribution in [0.5, 0.6) is 0 Å². The zero-order valence-corrected chi connectivity index (χ0v) is 11.6. The molecule has 0 saturated carbocycles. The predicted octanol–water partition coefficient (Wildman–Crippen LogP) is 2.22. The molecule has 0 bridgehead atoms. The number of hydrogen-bond acceptors (Lipinski definition) is 4. The lowest BCUT2D eigenvalue weighted by atomic mass is 10.1. The molecule has 0 saturated heterocycles. The molecule has 0 radical (unpaired) electrons. The lowest BCUT2D eigenvalue weighted by molar-refractivity contribution is -0.119. The molecule has 0 aromatic rings. The number of alkyl carbamates (subject to hydrolysis) is 1. The SMILES string of the molecule is CSC(C)C(=O)[C@H](C)NC(=O)OC(C)(C)C. The molecule has 0 fully saturated rings. The second-order valence-electron chi connectivity index (χ2n) is 4.65. The first-order valence-electron chi connectivity index (χ1n) is 5.23. The monoisotopic (exact) mass is 247 g/mol. The Kier molecular flexibility index (Phi) is 5.86. The van der Waals surface area contributed by atoms with E-state index >= 15 is 0 Å². The molecule has 0 rings (SSSR count). The van der Waals surface area contributed by atoms with Crippen LogP contribution in [0.25, 0.3) is 0 Å². The summed E-state index contributed by atoms with van der Waals surface area (Å²) in [7, 11) is 0. The molecule has 0 aromatic heterocycles. The standard InChI is InChI=1S/C11H21NO3S/c1-7(9(13)8(2)16-6)12-10(14)15-11(3,4)5/h7-8H,1-6H3,(H,12,14)/t7-,8?/m0/s1. The molecule has 5 heteroatoms. The highest BCUT2D eigenvalue weighted by Gasteiger charge is 2.23. The molecule has 2 atom stereocenters. The zero-order valence-electron chi connectivity index (χ0n) is 10.8. The van der Waals surface area contributed by atoms with Crippen LogP contribution in [-0.2, 0) is 9.53 Å². The van der Waals surface area contributed by atoms with E-state index in [1.165, 1.54) is 11.8 Å². The summed E-state index contributed by atoms with van der Waals surface area (Å²) in [6, 6.07) is -0.516. The van der Waals surface area contributed by atoms with E-state index in [1.54, 1.807) is 27.7 Å². The lowest BCUT2D eigenvalue weighted by Gasteiger charge is -2.22. The van der Waals surface area contributed by atoms with Crippen molar-refractivity contribution in [1.29, 1.82) is 0 Å². The molecule has 0 spiro atoms. The minimum absolute atomic E-state index is 0.00152. The van der Waals surface area contributed by atoms with Crippen LogP contribution in [0, 0.1) is 0 Å². The van der Waals surface area contributed by atoms with Crippen molar-refractivity contribution in [1.82, 2.24) is 5.32 Å². The van der Waals surface area contributed by atoms with Crippen molar-refractivity contribution in [2.75, 3.05) is 6.26 Å². The number of hydrogen-bond donors (Lipinski definition) is 1. The summed E-state index contributed by atoms with van der Waals surface area (Å²) in [4.78, 5) is 23.1. The Bertz CT molecular complexity index is 260. The summed E-state index contributed by atoms with van der Waals surface area (Å²) < 4.78 is 5.06. The van der Waals surface area contributed by atoms with Crippen molar-refractivity contribution in [2.24, 2.45) is 0 Å². The minimum atomic E-state index is -0.554. The quantitative estimate of drug-likeness (QED) is 0.827. The van der Waals surface area contributed by atoms with Crippen molar-refractivity contribution in [3.8, 4) is 0 Å². The maximum atomic E-state index is 11.7. The summed E-state index contributed by atoms with van der Waals surface area (Å²) in [6.07, 6.45) is 1.31. The van der Waals surface area contributed by atoms with Gasteiger partial charge in [-0.1, -0.05) is 0 Å². The smallest absolute Gasteiger partial charge is 0.408 e. The van der Waals surface area contributed by atoms with E-state index in [-0.39, 0.29) is 11.0 Å². The van der Waals surface area contributed by atoms with Gasteiger partial charge in [-0.15, -0.1) is 0 Å². The fourth-order valence-corrected chi connectivity index (χ4v) is 1.46. The van der Waals surface area contributed by atoms with Crippen molar-refractivity contribution in [3.05, 3.63) is 0 Å². The molecule has 0 aliphatic carbocycles. The zero-order chi connectivity index (χ0) is 12.9. The number of ether oxygens (including phenoxy) is 1. The molecule has 1 N–H and O–H groups in total. The molecule has 0 aromatic carbocycles. The number of Topliss-reactive ketones (excluding diaryl/α,β-unsaturated/α-hetero) is 1. The van der Waals surface area contributed by atoms with Gasteiger partial charge in [-0.3, -0.25) is 4.79 Å². The second kappa shape index (κ2) is 6.13. The summed E-state index contributed by atoms with van der Waals surface area (Å²) >= 11 is 1.46. The van der Waals surface area contributed by atoms with Gasteiger partial charge >= 0.3 is 6.09 Å². The van der Waals surface area contributed by atoms with Gasteiger partial charge in [0.25, 0.3) is 0 Å². The maximum Gasteiger partial charge on any atom is 0.408 e. The van der Waals surface area contributed by atoms with Gasteiger partial charge in [0, 0.05) is 0 Å². The molecule has 16 heavy (non-hydrogen) atoms. The van der Waals surface area contributed by atoms with Crippen LogP contribution in [0.15, 0.2) is 0 Å². The Morgan fingerprint density at radius 2 is 1.75 bits per heavy atom. The molecule has 0 aliphatic rings. The van der Waals surface area contributed by atoms with Gasteiger partial charge in [-0.2, -0.15) is 11.8 Å². The molecule has 0 aliphatic heterocycles. The van der Waals surface area contributed by atoms with Crippen LogP contribution < -0.4 is 5.32 Å². The van der Waals surface area contributed by atoms with Crippen LogP contribution in [0.1, 0.15) is 34.6 Å². The van der Waals surface area contributed by atoms with Crippen molar-refractivity contribution in [2.45, 2.75) is 51.5 Å². The summed E-state index contributed by atoms with van der Waals surface area (Å²) in [6.45, 7) is 8.83. The first kappa shape index (κ1) is 15.3. The molecule has 94 valence electrons. The van der Waals surface area contributed by atoms with E-state index in [0.29, 0.717) is 0 Å². The molecule has 1 amide bonds. The third kappa shape index (κ3) is 6.00. The molecule has 1 unspecified atom stereocenters. The first-order chi connectivity index (χ1) is 7.17. The van der Waals surface area contributed by atoms with Crippen molar-refractivity contribution in [3.63, 3.8) is 0 Å². The van der Waals surface area contributed by atoms with E-state index < -0.39 is 17.7 Å². The number of thioether (sulfide) groups is 1. The second-order valence-corrected chi connectivity index (χ2v) is 5.83. The minimum Gasteiger partial charge on any atom is -0.444 e.